The molecule has 316 valence electrons. The molecule has 8 heteroatoms. The Morgan fingerprint density at radius 2 is 0.730 bits per heavy atom. The highest BCUT2D eigenvalue weighted by Crippen LogP contribution is 2.33. The van der Waals surface area contributed by atoms with Crippen LogP contribution in [-0.4, -0.2) is 23.9 Å². The zero-order valence-electron chi connectivity index (χ0n) is 36.5. The third-order valence-electron chi connectivity index (χ3n) is 10.2. The summed E-state index contributed by atoms with van der Waals surface area (Å²) in [7, 11) is 0. The number of hydrogen-bond donors (Lipinski definition) is 0. The molecule has 0 N–H and O–H groups in total. The first kappa shape index (κ1) is 44.7. The smallest absolute Gasteiger partial charge is 0.339 e. The molecule has 0 radical (unpaired) electrons. The summed E-state index contributed by atoms with van der Waals surface area (Å²) in [5.74, 6) is -0.215. The second-order valence-electron chi connectivity index (χ2n) is 15.4. The Morgan fingerprint density at radius 1 is 0.381 bits per heavy atom. The van der Waals surface area contributed by atoms with Gasteiger partial charge in [0.15, 0.2) is 0 Å². The Kier molecular flexibility index (Phi) is 14.0. The minimum Gasteiger partial charge on any atom is -0.423 e. The summed E-state index contributed by atoms with van der Waals surface area (Å²) >= 11 is 0. The van der Waals surface area contributed by atoms with Crippen molar-refractivity contribution in [1.82, 2.24) is 0 Å². The van der Waals surface area contributed by atoms with Crippen LogP contribution in [0.25, 0.3) is 44.5 Å². The van der Waals surface area contributed by atoms with E-state index in [-0.39, 0.29) is 0 Å². The highest BCUT2D eigenvalue weighted by atomic mass is 16.5. The van der Waals surface area contributed by atoms with Gasteiger partial charge in [-0.1, -0.05) is 104 Å². The van der Waals surface area contributed by atoms with Crippen molar-refractivity contribution < 1.29 is 38.1 Å². The fourth-order valence-electron chi connectivity index (χ4n) is 6.46. The molecule has 0 saturated carbocycles. The largest absolute Gasteiger partial charge is 0.423 e. The minimum absolute atomic E-state index is 0.307. The summed E-state index contributed by atoms with van der Waals surface area (Å²) in [5, 5.41) is 0. The normalized spacial score (nSPS) is 11.3. The summed E-state index contributed by atoms with van der Waals surface area (Å²) in [5.41, 5.74) is 11.8. The van der Waals surface area contributed by atoms with Gasteiger partial charge in [0.1, 0.15) is 23.0 Å². The Balaban J connectivity index is 1.01. The Labute approximate surface area is 368 Å². The molecule has 0 heterocycles. The standard InChI is InChI=1S/C55H48O8/c1-33(2)52(56)61-48-26-27-49(37(7)32-48)44-18-16-40(17-19-44)41-20-24-47(25-21-41)60-54(58)35(5)10-11-36(6)55(59)63-51-29-23-46(31-39(51)9)43-14-12-42(13-15-43)45-22-28-50(38(8)30-45)62-53(57)34(3)4/h10-32H,1,3H2,2,4-9H3/b35-10+,36-11+. The average Bonchev–Trinajstić information content (AvgIpc) is 3.27. The van der Waals surface area contributed by atoms with Gasteiger partial charge < -0.3 is 18.9 Å². The van der Waals surface area contributed by atoms with Crippen LogP contribution in [0, 0.1) is 20.8 Å². The van der Waals surface area contributed by atoms with Gasteiger partial charge >= 0.3 is 23.9 Å². The van der Waals surface area contributed by atoms with E-state index in [0.29, 0.717) is 45.3 Å². The Bertz CT molecular complexity index is 2820. The van der Waals surface area contributed by atoms with Crippen molar-refractivity contribution in [3.05, 3.63) is 192 Å². The highest BCUT2D eigenvalue weighted by molar-refractivity contribution is 5.93. The number of benzene rings is 6. The van der Waals surface area contributed by atoms with Gasteiger partial charge in [-0.25, -0.2) is 19.2 Å². The van der Waals surface area contributed by atoms with Crippen LogP contribution >= 0.6 is 0 Å². The van der Waals surface area contributed by atoms with E-state index in [1.165, 1.54) is 12.2 Å². The van der Waals surface area contributed by atoms with E-state index in [0.717, 1.165) is 61.2 Å². The maximum absolute atomic E-state index is 13.0. The molecule has 0 atom stereocenters. The van der Waals surface area contributed by atoms with Gasteiger partial charge in [-0.2, -0.15) is 0 Å². The number of esters is 4. The van der Waals surface area contributed by atoms with E-state index >= 15 is 0 Å². The maximum Gasteiger partial charge on any atom is 0.339 e. The van der Waals surface area contributed by atoms with Crippen molar-refractivity contribution >= 4 is 23.9 Å². The summed E-state index contributed by atoms with van der Waals surface area (Å²) in [6, 6.07) is 40.3. The molecule has 6 aromatic rings. The van der Waals surface area contributed by atoms with Gasteiger partial charge in [0, 0.05) is 22.3 Å². The van der Waals surface area contributed by atoms with E-state index in [2.05, 4.69) is 13.2 Å². The molecule has 0 unspecified atom stereocenters. The highest BCUT2D eigenvalue weighted by Gasteiger charge is 2.14. The molecule has 0 saturated heterocycles. The molecule has 0 aliphatic heterocycles. The zero-order valence-corrected chi connectivity index (χ0v) is 36.5. The first-order chi connectivity index (χ1) is 30.1. The molecule has 8 nitrogen and oxygen atoms in total. The lowest BCUT2D eigenvalue weighted by Crippen LogP contribution is -2.11. The number of aryl methyl sites for hydroxylation is 3. The van der Waals surface area contributed by atoms with Crippen molar-refractivity contribution in [2.75, 3.05) is 0 Å². The lowest BCUT2D eigenvalue weighted by atomic mass is 9.97. The zero-order chi connectivity index (χ0) is 45.4. The van der Waals surface area contributed by atoms with Crippen LogP contribution in [0.4, 0.5) is 0 Å². The molecule has 0 aliphatic carbocycles. The predicted molar refractivity (Wildman–Crippen MR) is 249 cm³/mol. The molecule has 6 rings (SSSR count). The van der Waals surface area contributed by atoms with Crippen molar-refractivity contribution in [2.45, 2.75) is 48.5 Å². The van der Waals surface area contributed by atoms with Crippen molar-refractivity contribution in [3.8, 4) is 67.5 Å². The minimum atomic E-state index is -0.547. The van der Waals surface area contributed by atoms with Crippen LogP contribution in [0.1, 0.15) is 44.4 Å². The van der Waals surface area contributed by atoms with Crippen LogP contribution in [-0.2, 0) is 19.2 Å². The number of hydrogen-bond acceptors (Lipinski definition) is 8. The molecular weight excluding hydrogens is 789 g/mol. The van der Waals surface area contributed by atoms with Gasteiger partial charge in [0.2, 0.25) is 0 Å². The molecular formula is C55H48O8. The number of ether oxygens (including phenoxy) is 4. The van der Waals surface area contributed by atoms with Gasteiger partial charge in [-0.3, -0.25) is 0 Å². The monoisotopic (exact) mass is 836 g/mol. The molecule has 0 amide bonds. The first-order valence-corrected chi connectivity index (χ1v) is 20.2. The molecule has 0 spiro atoms. The fourth-order valence-corrected chi connectivity index (χ4v) is 6.46. The van der Waals surface area contributed by atoms with Crippen LogP contribution in [0.15, 0.2) is 175 Å². The van der Waals surface area contributed by atoms with Gasteiger partial charge in [0.05, 0.1) is 0 Å². The van der Waals surface area contributed by atoms with E-state index < -0.39 is 23.9 Å². The molecule has 0 bridgehead atoms. The number of carbonyl (C=O) groups is 4. The van der Waals surface area contributed by atoms with E-state index in [9.17, 15) is 19.2 Å². The predicted octanol–water partition coefficient (Wildman–Crippen LogP) is 12.6. The van der Waals surface area contributed by atoms with Crippen LogP contribution in [0.5, 0.6) is 23.0 Å². The third kappa shape index (κ3) is 11.3. The van der Waals surface area contributed by atoms with Crippen LogP contribution in [0.2, 0.25) is 0 Å². The molecule has 0 aliphatic rings. The molecule has 63 heavy (non-hydrogen) atoms. The topological polar surface area (TPSA) is 105 Å². The number of rotatable bonds is 13. The fraction of sp³-hybridized carbons (Fsp3) is 0.127. The lowest BCUT2D eigenvalue weighted by Gasteiger charge is -2.11. The van der Waals surface area contributed by atoms with Crippen molar-refractivity contribution in [1.29, 1.82) is 0 Å². The summed E-state index contributed by atoms with van der Waals surface area (Å²) < 4.78 is 22.1. The van der Waals surface area contributed by atoms with Gasteiger partial charge in [-0.15, -0.1) is 0 Å². The number of allylic oxidation sites excluding steroid dienone is 2. The first-order valence-electron chi connectivity index (χ1n) is 20.2. The quantitative estimate of drug-likeness (QED) is 0.0490. The number of carbonyl (C=O) groups excluding carboxylic acids is 4. The SMILES string of the molecule is C=C(C)C(=O)Oc1ccc(-c2ccc(-c3ccc(OC(=O)/C(C)=C/C=C(\C)C(=O)Oc4ccc(-c5ccc(-c6ccc(OC(=O)C(=C)C)c(C)c6)cc5)cc4C)cc3)cc2)c(C)c1. The average molecular weight is 837 g/mol. The summed E-state index contributed by atoms with van der Waals surface area (Å²) in [4.78, 5) is 49.8. The summed E-state index contributed by atoms with van der Waals surface area (Å²) in [6.07, 6.45) is 3.07. The van der Waals surface area contributed by atoms with Gasteiger partial charge in [0.25, 0.3) is 0 Å². The third-order valence-corrected chi connectivity index (χ3v) is 10.2. The Hall–Kier alpha value is -7.84. The molecule has 0 fully saturated rings. The molecule has 0 aromatic heterocycles. The van der Waals surface area contributed by atoms with Gasteiger partial charge in [-0.05, 0) is 158 Å². The van der Waals surface area contributed by atoms with Crippen molar-refractivity contribution in [3.63, 3.8) is 0 Å². The molecule has 6 aromatic carbocycles. The maximum atomic E-state index is 13.0. The lowest BCUT2D eigenvalue weighted by molar-refractivity contribution is -0.131. The second kappa shape index (κ2) is 19.7. The van der Waals surface area contributed by atoms with Crippen LogP contribution in [0.3, 0.4) is 0 Å². The Morgan fingerprint density at radius 3 is 1.17 bits per heavy atom. The summed E-state index contributed by atoms with van der Waals surface area (Å²) in [6.45, 7) is 19.5. The second-order valence-corrected chi connectivity index (χ2v) is 15.4. The van der Waals surface area contributed by atoms with E-state index in [1.54, 1.807) is 58.0 Å². The van der Waals surface area contributed by atoms with Crippen molar-refractivity contribution in [2.24, 2.45) is 0 Å². The van der Waals surface area contributed by atoms with E-state index in [1.807, 2.05) is 118 Å². The van der Waals surface area contributed by atoms with Crippen LogP contribution < -0.4 is 18.9 Å². The van der Waals surface area contributed by atoms with E-state index in [4.69, 9.17) is 18.9 Å².